The Morgan fingerprint density at radius 2 is 1.63 bits per heavy atom. The zero-order valence-electron chi connectivity index (χ0n) is 16.4. The van der Waals surface area contributed by atoms with E-state index >= 15 is 0 Å². The number of rotatable bonds is 5. The topological polar surface area (TPSA) is 52.8 Å². The van der Waals surface area contributed by atoms with Gasteiger partial charge >= 0.3 is 6.09 Å². The Kier molecular flexibility index (Phi) is 6.06. The van der Waals surface area contributed by atoms with Crippen LogP contribution in [0, 0.1) is 0 Å². The van der Waals surface area contributed by atoms with Gasteiger partial charge in [0, 0.05) is 11.4 Å². The summed E-state index contributed by atoms with van der Waals surface area (Å²) in [6.45, 7) is 2.04. The molecule has 6 heteroatoms. The maximum absolute atomic E-state index is 12.0. The van der Waals surface area contributed by atoms with Crippen LogP contribution in [0.15, 0.2) is 95.3 Å². The zero-order chi connectivity index (χ0) is 20.8. The Hall–Kier alpha value is -3.64. The second-order valence-corrected chi connectivity index (χ2v) is 7.16. The Balaban J connectivity index is 1.81. The standard InChI is InChI=1S/C24H20N2O3S/c1-2-28-24(27)25-23-26(22(17-30-23)18-10-5-3-6-11-18)19-12-9-15-21(16-19)29-20-13-7-4-8-14-20/h3-17H,2H2,1H3. The van der Waals surface area contributed by atoms with Crippen LogP contribution in [-0.4, -0.2) is 17.3 Å². The normalized spacial score (nSPS) is 11.3. The number of benzene rings is 3. The number of para-hydroxylation sites is 1. The predicted molar refractivity (Wildman–Crippen MR) is 118 cm³/mol. The van der Waals surface area contributed by atoms with E-state index < -0.39 is 6.09 Å². The van der Waals surface area contributed by atoms with Gasteiger partial charge in [-0.15, -0.1) is 16.3 Å². The quantitative estimate of drug-likeness (QED) is 0.398. The summed E-state index contributed by atoms with van der Waals surface area (Å²) >= 11 is 1.38. The average Bonchev–Trinajstić information content (AvgIpc) is 3.19. The van der Waals surface area contributed by atoms with Crippen LogP contribution in [0.3, 0.4) is 0 Å². The Bertz CT molecular complexity index is 1200. The van der Waals surface area contributed by atoms with Crippen molar-refractivity contribution in [2.75, 3.05) is 6.61 Å². The molecule has 3 aromatic carbocycles. The molecule has 0 aliphatic heterocycles. The second kappa shape index (κ2) is 9.24. The molecular formula is C24H20N2O3S. The summed E-state index contributed by atoms with van der Waals surface area (Å²) in [6, 6.07) is 27.3. The molecule has 30 heavy (non-hydrogen) atoms. The van der Waals surface area contributed by atoms with E-state index in [9.17, 15) is 4.79 Å². The molecule has 0 saturated carbocycles. The van der Waals surface area contributed by atoms with Crippen molar-refractivity contribution in [3.05, 3.63) is 95.1 Å². The zero-order valence-corrected chi connectivity index (χ0v) is 17.2. The van der Waals surface area contributed by atoms with Gasteiger partial charge in [-0.3, -0.25) is 4.57 Å². The molecule has 0 fully saturated rings. The van der Waals surface area contributed by atoms with Crippen LogP contribution in [0.5, 0.6) is 11.5 Å². The Labute approximate surface area is 178 Å². The van der Waals surface area contributed by atoms with Crippen LogP contribution in [-0.2, 0) is 4.74 Å². The van der Waals surface area contributed by atoms with Gasteiger partial charge in [0.2, 0.25) is 4.80 Å². The second-order valence-electron chi connectivity index (χ2n) is 6.33. The van der Waals surface area contributed by atoms with Gasteiger partial charge in [0.25, 0.3) is 0 Å². The van der Waals surface area contributed by atoms with Crippen molar-refractivity contribution in [2.45, 2.75) is 6.92 Å². The Morgan fingerprint density at radius 1 is 0.933 bits per heavy atom. The summed E-state index contributed by atoms with van der Waals surface area (Å²) in [7, 11) is 0. The summed E-state index contributed by atoms with van der Waals surface area (Å²) in [5.41, 5.74) is 2.79. The van der Waals surface area contributed by atoms with Gasteiger partial charge in [-0.2, -0.15) is 0 Å². The molecule has 0 aliphatic rings. The summed E-state index contributed by atoms with van der Waals surface area (Å²) in [6.07, 6.45) is -0.607. The number of carbonyl (C=O) groups is 1. The van der Waals surface area contributed by atoms with Crippen molar-refractivity contribution in [3.63, 3.8) is 0 Å². The van der Waals surface area contributed by atoms with E-state index in [0.717, 1.165) is 22.7 Å². The van der Waals surface area contributed by atoms with E-state index in [1.54, 1.807) is 6.92 Å². The van der Waals surface area contributed by atoms with Crippen LogP contribution in [0.25, 0.3) is 16.9 Å². The fraction of sp³-hybridized carbons (Fsp3) is 0.0833. The number of amides is 1. The minimum absolute atomic E-state index is 0.277. The SMILES string of the molecule is CCOC(=O)N=c1scc(-c2ccccc2)n1-c1cccc(Oc2ccccc2)c1. The minimum Gasteiger partial charge on any atom is -0.457 e. The summed E-state index contributed by atoms with van der Waals surface area (Å²) in [4.78, 5) is 16.7. The summed E-state index contributed by atoms with van der Waals surface area (Å²) in [5.74, 6) is 1.45. The van der Waals surface area contributed by atoms with Crippen LogP contribution in [0.2, 0.25) is 0 Å². The van der Waals surface area contributed by atoms with Crippen molar-refractivity contribution < 1.29 is 14.3 Å². The molecule has 0 saturated heterocycles. The minimum atomic E-state index is -0.607. The first kappa shape index (κ1) is 19.7. The van der Waals surface area contributed by atoms with E-state index in [-0.39, 0.29) is 6.61 Å². The van der Waals surface area contributed by atoms with Crippen LogP contribution in [0.1, 0.15) is 6.92 Å². The smallest absolute Gasteiger partial charge is 0.436 e. The molecule has 1 heterocycles. The number of carbonyl (C=O) groups excluding carboxylic acids is 1. The van der Waals surface area contributed by atoms with Gasteiger partial charge in [0.05, 0.1) is 18.0 Å². The number of aromatic nitrogens is 1. The van der Waals surface area contributed by atoms with Gasteiger partial charge in [-0.25, -0.2) is 4.79 Å². The maximum atomic E-state index is 12.0. The van der Waals surface area contributed by atoms with Crippen molar-refractivity contribution in [3.8, 4) is 28.4 Å². The third kappa shape index (κ3) is 4.50. The monoisotopic (exact) mass is 416 g/mol. The number of thiazole rings is 1. The lowest BCUT2D eigenvalue weighted by molar-refractivity contribution is 0.162. The fourth-order valence-corrected chi connectivity index (χ4v) is 3.89. The number of nitrogens with zero attached hydrogens (tertiary/aromatic N) is 2. The lowest BCUT2D eigenvalue weighted by Gasteiger charge is -2.12. The van der Waals surface area contributed by atoms with E-state index in [0.29, 0.717) is 10.6 Å². The highest BCUT2D eigenvalue weighted by molar-refractivity contribution is 7.07. The number of hydrogen-bond donors (Lipinski definition) is 0. The first-order chi connectivity index (χ1) is 14.7. The third-order valence-electron chi connectivity index (χ3n) is 4.29. The summed E-state index contributed by atoms with van der Waals surface area (Å²) < 4.78 is 12.9. The third-order valence-corrected chi connectivity index (χ3v) is 5.11. The highest BCUT2D eigenvalue weighted by Crippen LogP contribution is 2.27. The molecule has 0 unspecified atom stereocenters. The Morgan fingerprint density at radius 3 is 2.37 bits per heavy atom. The van der Waals surface area contributed by atoms with Crippen molar-refractivity contribution in [1.29, 1.82) is 0 Å². The molecule has 0 aliphatic carbocycles. The molecule has 1 amide bonds. The first-order valence-electron chi connectivity index (χ1n) is 9.55. The molecule has 0 N–H and O–H groups in total. The van der Waals surface area contributed by atoms with Crippen molar-refractivity contribution >= 4 is 17.4 Å². The van der Waals surface area contributed by atoms with E-state index in [2.05, 4.69) is 4.99 Å². The number of ether oxygens (including phenoxy) is 2. The number of hydrogen-bond acceptors (Lipinski definition) is 4. The molecular weight excluding hydrogens is 396 g/mol. The van der Waals surface area contributed by atoms with Gasteiger partial charge in [0.1, 0.15) is 11.5 Å². The first-order valence-corrected chi connectivity index (χ1v) is 10.4. The van der Waals surface area contributed by atoms with Gasteiger partial charge in [0.15, 0.2) is 0 Å². The molecule has 1 aromatic heterocycles. The molecule has 0 bridgehead atoms. The predicted octanol–water partition coefficient (Wildman–Crippen LogP) is 6.06. The van der Waals surface area contributed by atoms with E-state index in [4.69, 9.17) is 9.47 Å². The van der Waals surface area contributed by atoms with Crippen LogP contribution < -0.4 is 9.54 Å². The van der Waals surface area contributed by atoms with Crippen molar-refractivity contribution in [2.24, 2.45) is 4.99 Å². The van der Waals surface area contributed by atoms with Gasteiger partial charge in [-0.05, 0) is 36.8 Å². The molecule has 0 atom stereocenters. The lowest BCUT2D eigenvalue weighted by atomic mass is 10.1. The molecule has 4 rings (SSSR count). The van der Waals surface area contributed by atoms with Gasteiger partial charge < -0.3 is 9.47 Å². The van der Waals surface area contributed by atoms with E-state index in [1.807, 2.05) is 94.9 Å². The van der Waals surface area contributed by atoms with E-state index in [1.165, 1.54) is 11.3 Å². The fourth-order valence-electron chi connectivity index (χ4n) is 2.99. The molecule has 0 radical (unpaired) electrons. The highest BCUT2D eigenvalue weighted by Gasteiger charge is 2.12. The van der Waals surface area contributed by atoms with Gasteiger partial charge in [-0.1, -0.05) is 54.6 Å². The maximum Gasteiger partial charge on any atom is 0.436 e. The molecule has 5 nitrogen and oxygen atoms in total. The molecule has 150 valence electrons. The largest absolute Gasteiger partial charge is 0.457 e. The molecule has 0 spiro atoms. The lowest BCUT2D eigenvalue weighted by Crippen LogP contribution is -2.16. The summed E-state index contributed by atoms with van der Waals surface area (Å²) in [5, 5.41) is 1.98. The van der Waals surface area contributed by atoms with Crippen LogP contribution in [0.4, 0.5) is 4.79 Å². The highest BCUT2D eigenvalue weighted by atomic mass is 32.1. The molecule has 4 aromatic rings. The van der Waals surface area contributed by atoms with Crippen molar-refractivity contribution in [1.82, 2.24) is 4.57 Å². The van der Waals surface area contributed by atoms with Crippen LogP contribution >= 0.6 is 11.3 Å². The average molecular weight is 417 g/mol.